The Labute approximate surface area is 156 Å². The first kappa shape index (κ1) is 18.5. The lowest BCUT2D eigenvalue weighted by Crippen LogP contribution is -2.29. The first-order valence-electron chi connectivity index (χ1n) is 9.47. The van der Waals surface area contributed by atoms with Gasteiger partial charge in [-0.2, -0.15) is 0 Å². The van der Waals surface area contributed by atoms with Crippen LogP contribution < -0.4 is 9.47 Å². The highest BCUT2D eigenvalue weighted by Crippen LogP contribution is 2.50. The van der Waals surface area contributed by atoms with Gasteiger partial charge in [0.2, 0.25) is 0 Å². The molecule has 0 aliphatic carbocycles. The molecule has 0 bridgehead atoms. The topological polar surface area (TPSA) is 35.5 Å². The van der Waals surface area contributed by atoms with E-state index in [1.54, 1.807) is 0 Å². The molecule has 1 aliphatic rings. The molecule has 3 rings (SSSR count). The number of carbonyl (C=O) groups excluding carboxylic acids is 1. The Hall–Kier alpha value is -2.29. The van der Waals surface area contributed by atoms with Crippen LogP contribution in [0.4, 0.5) is 0 Å². The van der Waals surface area contributed by atoms with Gasteiger partial charge in [-0.3, -0.25) is 4.79 Å². The van der Waals surface area contributed by atoms with Gasteiger partial charge in [0.15, 0.2) is 0 Å². The first-order valence-corrected chi connectivity index (χ1v) is 9.47. The van der Waals surface area contributed by atoms with Crippen molar-refractivity contribution in [2.24, 2.45) is 0 Å². The van der Waals surface area contributed by atoms with Crippen LogP contribution in [0.1, 0.15) is 63.6 Å². The number of benzene rings is 2. The summed E-state index contributed by atoms with van der Waals surface area (Å²) in [7, 11) is 0. The second-order valence-electron chi connectivity index (χ2n) is 7.68. The number of esters is 1. The summed E-state index contributed by atoms with van der Waals surface area (Å²) in [5.74, 6) is 1.10. The number of aryl methyl sites for hydroxylation is 2. The van der Waals surface area contributed by atoms with E-state index < -0.39 is 5.60 Å². The maximum atomic E-state index is 11.7. The van der Waals surface area contributed by atoms with Crippen molar-refractivity contribution >= 4 is 5.97 Å². The van der Waals surface area contributed by atoms with Crippen molar-refractivity contribution in [2.75, 3.05) is 0 Å². The van der Waals surface area contributed by atoms with E-state index in [2.05, 4.69) is 52.0 Å². The standard InChI is InChI=1S/C23H28O3/c1-6-7-8-9-17-13-20(25-16(3)24)22-18-12-15(2)10-11-19(18)23(4,5)26-21(22)14-17/h10-14H,6-9H2,1-5H3. The molecule has 3 heteroatoms. The zero-order valence-electron chi connectivity index (χ0n) is 16.4. The van der Waals surface area contributed by atoms with E-state index in [0.717, 1.165) is 40.8 Å². The van der Waals surface area contributed by atoms with Crippen LogP contribution in [-0.2, 0) is 16.8 Å². The van der Waals surface area contributed by atoms with Crippen molar-refractivity contribution in [3.05, 3.63) is 47.0 Å². The minimum Gasteiger partial charge on any atom is -0.482 e. The summed E-state index contributed by atoms with van der Waals surface area (Å²) in [6.45, 7) is 9.88. The van der Waals surface area contributed by atoms with Crippen molar-refractivity contribution in [1.82, 2.24) is 0 Å². The quantitative estimate of drug-likeness (QED) is 0.379. The number of rotatable bonds is 5. The SMILES string of the molecule is CCCCCc1cc(OC(C)=O)c2c(c1)OC(C)(C)c1ccc(C)cc1-2. The molecule has 3 nitrogen and oxygen atoms in total. The largest absolute Gasteiger partial charge is 0.482 e. The highest BCUT2D eigenvalue weighted by molar-refractivity contribution is 5.85. The van der Waals surface area contributed by atoms with E-state index in [4.69, 9.17) is 9.47 Å². The minimum atomic E-state index is -0.425. The zero-order valence-corrected chi connectivity index (χ0v) is 16.4. The van der Waals surface area contributed by atoms with Gasteiger partial charge in [-0.25, -0.2) is 0 Å². The van der Waals surface area contributed by atoms with E-state index in [0.29, 0.717) is 5.75 Å². The second-order valence-corrected chi connectivity index (χ2v) is 7.68. The number of fused-ring (bicyclic) bond motifs is 3. The van der Waals surface area contributed by atoms with Gasteiger partial charge in [-0.15, -0.1) is 0 Å². The molecule has 1 heterocycles. The molecule has 1 aliphatic heterocycles. The third kappa shape index (κ3) is 3.62. The Morgan fingerprint density at radius 1 is 1.15 bits per heavy atom. The molecule has 2 aromatic carbocycles. The Morgan fingerprint density at radius 2 is 1.92 bits per heavy atom. The van der Waals surface area contributed by atoms with Crippen molar-refractivity contribution in [2.45, 2.75) is 65.9 Å². The van der Waals surface area contributed by atoms with Crippen molar-refractivity contribution < 1.29 is 14.3 Å². The van der Waals surface area contributed by atoms with Gasteiger partial charge in [0, 0.05) is 12.5 Å². The molecule has 0 atom stereocenters. The highest BCUT2D eigenvalue weighted by atomic mass is 16.5. The lowest BCUT2D eigenvalue weighted by Gasteiger charge is -2.36. The van der Waals surface area contributed by atoms with Gasteiger partial charge < -0.3 is 9.47 Å². The van der Waals surface area contributed by atoms with Crippen molar-refractivity contribution in [1.29, 1.82) is 0 Å². The Balaban J connectivity index is 2.16. The first-order chi connectivity index (χ1) is 12.3. The molecule has 0 radical (unpaired) electrons. The molecule has 0 amide bonds. The maximum Gasteiger partial charge on any atom is 0.308 e. The summed E-state index contributed by atoms with van der Waals surface area (Å²) in [4.78, 5) is 11.7. The van der Waals surface area contributed by atoms with E-state index in [9.17, 15) is 4.79 Å². The fourth-order valence-electron chi connectivity index (χ4n) is 3.67. The third-order valence-corrected chi connectivity index (χ3v) is 4.91. The molecule has 2 aromatic rings. The fraction of sp³-hybridized carbons (Fsp3) is 0.435. The van der Waals surface area contributed by atoms with Crippen LogP contribution in [0.25, 0.3) is 11.1 Å². The highest BCUT2D eigenvalue weighted by Gasteiger charge is 2.34. The average molecular weight is 352 g/mol. The maximum absolute atomic E-state index is 11.7. The monoisotopic (exact) mass is 352 g/mol. The lowest BCUT2D eigenvalue weighted by atomic mass is 9.84. The predicted octanol–water partition coefficient (Wildman–Crippen LogP) is 5.95. The summed E-state index contributed by atoms with van der Waals surface area (Å²) in [6.07, 6.45) is 4.44. The molecule has 138 valence electrons. The van der Waals surface area contributed by atoms with Gasteiger partial charge in [0.05, 0.1) is 5.56 Å². The molecule has 0 saturated heterocycles. The second kappa shape index (κ2) is 7.14. The molecule has 0 unspecified atom stereocenters. The normalized spacial score (nSPS) is 14.2. The fourth-order valence-corrected chi connectivity index (χ4v) is 3.67. The number of unbranched alkanes of at least 4 members (excludes halogenated alkanes) is 2. The number of hydrogen-bond acceptors (Lipinski definition) is 3. The minimum absolute atomic E-state index is 0.308. The van der Waals surface area contributed by atoms with Crippen LogP contribution in [0.2, 0.25) is 0 Å². The molecular weight excluding hydrogens is 324 g/mol. The third-order valence-electron chi connectivity index (χ3n) is 4.91. The van der Waals surface area contributed by atoms with Crippen molar-refractivity contribution in [3.63, 3.8) is 0 Å². The summed E-state index contributed by atoms with van der Waals surface area (Å²) in [6, 6.07) is 10.5. The average Bonchev–Trinajstić information content (AvgIpc) is 2.53. The van der Waals surface area contributed by atoms with E-state index in [1.165, 1.54) is 25.3 Å². The number of hydrogen-bond donors (Lipinski definition) is 0. The van der Waals surface area contributed by atoms with Gasteiger partial charge in [-0.1, -0.05) is 43.5 Å². The molecule has 0 saturated carbocycles. The summed E-state index contributed by atoms with van der Waals surface area (Å²) in [5, 5.41) is 0. The molecule has 0 N–H and O–H groups in total. The van der Waals surface area contributed by atoms with Crippen LogP contribution in [0.3, 0.4) is 0 Å². The zero-order chi connectivity index (χ0) is 18.9. The van der Waals surface area contributed by atoms with Crippen LogP contribution in [0.15, 0.2) is 30.3 Å². The Morgan fingerprint density at radius 3 is 2.62 bits per heavy atom. The van der Waals surface area contributed by atoms with Crippen molar-refractivity contribution in [3.8, 4) is 22.6 Å². The van der Waals surface area contributed by atoms with Gasteiger partial charge in [0.25, 0.3) is 0 Å². The van der Waals surface area contributed by atoms with Crippen LogP contribution in [0, 0.1) is 6.92 Å². The van der Waals surface area contributed by atoms with Gasteiger partial charge in [-0.05, 0) is 56.9 Å². The van der Waals surface area contributed by atoms with E-state index in [-0.39, 0.29) is 5.97 Å². The Kier molecular flexibility index (Phi) is 5.08. The summed E-state index contributed by atoms with van der Waals surface area (Å²) >= 11 is 0. The Bertz CT molecular complexity index is 834. The smallest absolute Gasteiger partial charge is 0.308 e. The number of ether oxygens (including phenoxy) is 2. The van der Waals surface area contributed by atoms with Crippen LogP contribution in [-0.4, -0.2) is 5.97 Å². The van der Waals surface area contributed by atoms with Gasteiger partial charge in [0.1, 0.15) is 17.1 Å². The summed E-state index contributed by atoms with van der Waals surface area (Å²) < 4.78 is 12.0. The van der Waals surface area contributed by atoms with E-state index >= 15 is 0 Å². The van der Waals surface area contributed by atoms with Crippen LogP contribution >= 0.6 is 0 Å². The molecular formula is C23H28O3. The molecule has 26 heavy (non-hydrogen) atoms. The predicted molar refractivity (Wildman–Crippen MR) is 105 cm³/mol. The molecule has 0 spiro atoms. The number of carbonyl (C=O) groups is 1. The van der Waals surface area contributed by atoms with Gasteiger partial charge >= 0.3 is 5.97 Å². The molecule has 0 aromatic heterocycles. The van der Waals surface area contributed by atoms with E-state index in [1.807, 2.05) is 6.07 Å². The van der Waals surface area contributed by atoms with Crippen LogP contribution in [0.5, 0.6) is 11.5 Å². The molecule has 0 fully saturated rings. The summed E-state index contributed by atoms with van der Waals surface area (Å²) in [5.41, 5.74) is 4.99. The lowest BCUT2D eigenvalue weighted by molar-refractivity contribution is -0.131.